The van der Waals surface area contributed by atoms with Gasteiger partial charge in [-0.1, -0.05) is 20.3 Å². The van der Waals surface area contributed by atoms with E-state index in [1.807, 2.05) is 12.3 Å². The minimum absolute atomic E-state index is 0.117. The number of carbonyl (C=O) groups is 2. The minimum atomic E-state index is -0.370. The minimum Gasteiger partial charge on any atom is -0.452 e. The summed E-state index contributed by atoms with van der Waals surface area (Å²) in [6.07, 6.45) is 5.03. The third kappa shape index (κ3) is 4.32. The summed E-state index contributed by atoms with van der Waals surface area (Å²) in [6.45, 7) is 6.07. The van der Waals surface area contributed by atoms with Crippen molar-refractivity contribution in [3.63, 3.8) is 0 Å². The van der Waals surface area contributed by atoms with Crippen molar-refractivity contribution in [2.75, 3.05) is 6.61 Å². The first kappa shape index (κ1) is 17.0. The van der Waals surface area contributed by atoms with Crippen LogP contribution >= 0.6 is 11.3 Å². The lowest BCUT2D eigenvalue weighted by Gasteiger charge is -2.18. The number of esters is 1. The molecule has 0 saturated carbocycles. The third-order valence-electron chi connectivity index (χ3n) is 4.09. The molecule has 0 radical (unpaired) electrons. The molecule has 1 aromatic heterocycles. The Bertz CT molecular complexity index is 538. The topological polar surface area (TPSA) is 55.4 Å². The summed E-state index contributed by atoms with van der Waals surface area (Å²) in [5.41, 5.74) is 1.79. The van der Waals surface area contributed by atoms with Gasteiger partial charge in [-0.3, -0.25) is 4.79 Å². The number of ether oxygens (including phenoxy) is 1. The molecule has 1 amide bonds. The molecule has 0 saturated heterocycles. The molecule has 0 fully saturated rings. The summed E-state index contributed by atoms with van der Waals surface area (Å²) in [5.74, 6) is 0.0817. The van der Waals surface area contributed by atoms with E-state index in [2.05, 4.69) is 19.2 Å². The number of hydrogen-bond donors (Lipinski definition) is 1. The molecular formula is C17H25NO3S. The van der Waals surface area contributed by atoms with Crippen LogP contribution in [0.1, 0.15) is 60.8 Å². The summed E-state index contributed by atoms with van der Waals surface area (Å²) in [4.78, 5) is 25.2. The van der Waals surface area contributed by atoms with Crippen molar-refractivity contribution in [1.29, 1.82) is 0 Å². The summed E-state index contributed by atoms with van der Waals surface area (Å²) in [7, 11) is 0. The van der Waals surface area contributed by atoms with E-state index in [1.165, 1.54) is 4.88 Å². The number of fused-ring (bicyclic) bond motifs is 1. The van der Waals surface area contributed by atoms with Gasteiger partial charge in [0.15, 0.2) is 6.61 Å². The lowest BCUT2D eigenvalue weighted by atomic mass is 9.88. The normalized spacial score (nSPS) is 18.4. The van der Waals surface area contributed by atoms with Crippen molar-refractivity contribution >= 4 is 23.2 Å². The van der Waals surface area contributed by atoms with Gasteiger partial charge in [-0.2, -0.15) is 0 Å². The molecule has 1 heterocycles. The maximum absolute atomic E-state index is 12.2. The van der Waals surface area contributed by atoms with Crippen molar-refractivity contribution in [3.05, 3.63) is 21.4 Å². The molecule has 0 aromatic carbocycles. The predicted octanol–water partition coefficient (Wildman–Crippen LogP) is 3.33. The van der Waals surface area contributed by atoms with Gasteiger partial charge in [-0.15, -0.1) is 11.3 Å². The van der Waals surface area contributed by atoms with Crippen LogP contribution in [0, 0.1) is 5.92 Å². The van der Waals surface area contributed by atoms with Crippen molar-refractivity contribution < 1.29 is 14.3 Å². The number of carbonyl (C=O) groups excluding carboxylic acids is 2. The van der Waals surface area contributed by atoms with E-state index in [9.17, 15) is 9.59 Å². The van der Waals surface area contributed by atoms with E-state index >= 15 is 0 Å². The molecule has 2 atom stereocenters. The first-order valence-electron chi connectivity index (χ1n) is 8.07. The molecule has 122 valence electrons. The van der Waals surface area contributed by atoms with Crippen LogP contribution in [0.25, 0.3) is 0 Å². The van der Waals surface area contributed by atoms with Crippen LogP contribution in [0.4, 0.5) is 0 Å². The van der Waals surface area contributed by atoms with E-state index in [4.69, 9.17) is 4.74 Å². The van der Waals surface area contributed by atoms with E-state index < -0.39 is 0 Å². The van der Waals surface area contributed by atoms with E-state index in [1.54, 1.807) is 11.3 Å². The van der Waals surface area contributed by atoms with Crippen LogP contribution in [0.5, 0.6) is 0 Å². The molecule has 0 bridgehead atoms. The summed E-state index contributed by atoms with van der Waals surface area (Å²) in [5, 5.41) is 4.71. The molecule has 1 aromatic rings. The molecule has 0 spiro atoms. The molecule has 2 rings (SSSR count). The zero-order valence-corrected chi connectivity index (χ0v) is 14.4. The number of thiophene rings is 1. The number of nitrogens with one attached hydrogen (secondary N) is 1. The lowest BCUT2D eigenvalue weighted by Crippen LogP contribution is -2.35. The van der Waals surface area contributed by atoms with Gasteiger partial charge < -0.3 is 10.1 Å². The second-order valence-corrected chi connectivity index (χ2v) is 7.20. The maximum atomic E-state index is 12.2. The lowest BCUT2D eigenvalue weighted by molar-refractivity contribution is -0.124. The monoisotopic (exact) mass is 323 g/mol. The van der Waals surface area contributed by atoms with Crippen molar-refractivity contribution in [2.45, 2.75) is 58.9 Å². The number of hydrogen-bond acceptors (Lipinski definition) is 4. The zero-order valence-electron chi connectivity index (χ0n) is 13.6. The molecular weight excluding hydrogens is 298 g/mol. The van der Waals surface area contributed by atoms with E-state index in [0.29, 0.717) is 11.5 Å². The molecule has 22 heavy (non-hydrogen) atoms. The molecule has 1 aliphatic rings. The first-order chi connectivity index (χ1) is 10.5. The highest BCUT2D eigenvalue weighted by molar-refractivity contribution is 7.10. The molecule has 1 N–H and O–H groups in total. The molecule has 5 heteroatoms. The number of rotatable bonds is 6. The Hall–Kier alpha value is -1.36. The van der Waals surface area contributed by atoms with Crippen LogP contribution in [-0.2, 0) is 22.4 Å². The zero-order chi connectivity index (χ0) is 16.1. The number of amides is 1. The smallest absolute Gasteiger partial charge is 0.339 e. The Labute approximate surface area is 136 Å². The van der Waals surface area contributed by atoms with Crippen molar-refractivity contribution in [2.24, 2.45) is 5.92 Å². The first-order valence-corrected chi connectivity index (χ1v) is 8.95. The fourth-order valence-corrected chi connectivity index (χ4v) is 4.11. The van der Waals surface area contributed by atoms with E-state index in [-0.39, 0.29) is 24.5 Å². The van der Waals surface area contributed by atoms with Crippen LogP contribution in [0.15, 0.2) is 5.38 Å². The SMILES string of the molecule is CCC[C@@H](C)NC(=O)COC(=O)c1csc2c1CC[C@H](C)C2. The Balaban J connectivity index is 1.87. The average Bonchev–Trinajstić information content (AvgIpc) is 2.87. The van der Waals surface area contributed by atoms with E-state index in [0.717, 1.165) is 37.7 Å². The van der Waals surface area contributed by atoms with Gasteiger partial charge in [0.1, 0.15) is 0 Å². The Morgan fingerprint density at radius 1 is 1.50 bits per heavy atom. The van der Waals surface area contributed by atoms with Crippen molar-refractivity contribution in [1.82, 2.24) is 5.32 Å². The second-order valence-electron chi connectivity index (χ2n) is 6.23. The summed E-state index contributed by atoms with van der Waals surface area (Å²) >= 11 is 1.63. The highest BCUT2D eigenvalue weighted by Crippen LogP contribution is 2.33. The van der Waals surface area contributed by atoms with Crippen LogP contribution in [-0.4, -0.2) is 24.5 Å². The maximum Gasteiger partial charge on any atom is 0.339 e. The van der Waals surface area contributed by atoms with Crippen LogP contribution < -0.4 is 5.32 Å². The Morgan fingerprint density at radius 3 is 3.00 bits per heavy atom. The summed E-state index contributed by atoms with van der Waals surface area (Å²) in [6, 6.07) is 0.117. The third-order valence-corrected chi connectivity index (χ3v) is 5.14. The fourth-order valence-electron chi connectivity index (χ4n) is 2.88. The largest absolute Gasteiger partial charge is 0.452 e. The predicted molar refractivity (Wildman–Crippen MR) is 88.3 cm³/mol. The van der Waals surface area contributed by atoms with Gasteiger partial charge in [0.25, 0.3) is 5.91 Å². The second kappa shape index (κ2) is 7.77. The Kier molecular flexibility index (Phi) is 6.00. The van der Waals surface area contributed by atoms with Gasteiger partial charge in [-0.25, -0.2) is 4.79 Å². The quantitative estimate of drug-likeness (QED) is 0.817. The molecule has 4 nitrogen and oxygen atoms in total. The van der Waals surface area contributed by atoms with Crippen molar-refractivity contribution in [3.8, 4) is 0 Å². The van der Waals surface area contributed by atoms with Crippen LogP contribution in [0.2, 0.25) is 0 Å². The van der Waals surface area contributed by atoms with Crippen LogP contribution in [0.3, 0.4) is 0 Å². The van der Waals surface area contributed by atoms with Gasteiger partial charge in [-0.05, 0) is 44.1 Å². The highest BCUT2D eigenvalue weighted by Gasteiger charge is 2.24. The van der Waals surface area contributed by atoms with Gasteiger partial charge in [0.2, 0.25) is 0 Å². The van der Waals surface area contributed by atoms with Gasteiger partial charge >= 0.3 is 5.97 Å². The Morgan fingerprint density at radius 2 is 2.27 bits per heavy atom. The van der Waals surface area contributed by atoms with Gasteiger partial charge in [0, 0.05) is 16.3 Å². The van der Waals surface area contributed by atoms with Gasteiger partial charge in [0.05, 0.1) is 5.56 Å². The molecule has 0 unspecified atom stereocenters. The fraction of sp³-hybridized carbons (Fsp3) is 0.647. The molecule has 1 aliphatic carbocycles. The standard InChI is InChI=1S/C17H25NO3S/c1-4-5-12(3)18-16(19)9-21-17(20)14-10-22-15-8-11(2)6-7-13(14)15/h10-12H,4-9H2,1-3H3,(H,18,19)/t11-,12+/m0/s1. The molecule has 0 aliphatic heterocycles. The summed E-state index contributed by atoms with van der Waals surface area (Å²) < 4.78 is 5.18. The highest BCUT2D eigenvalue weighted by atomic mass is 32.1. The average molecular weight is 323 g/mol.